The van der Waals surface area contributed by atoms with Crippen LogP contribution in [0.3, 0.4) is 0 Å². The van der Waals surface area contributed by atoms with E-state index < -0.39 is 5.97 Å². The molecule has 2 aromatic rings. The number of ketones is 1. The molecule has 6 heteroatoms. The van der Waals surface area contributed by atoms with Crippen LogP contribution in [0, 0.1) is 0 Å². The summed E-state index contributed by atoms with van der Waals surface area (Å²) >= 11 is 2.98. The van der Waals surface area contributed by atoms with Crippen LogP contribution < -0.4 is 4.74 Å². The van der Waals surface area contributed by atoms with Crippen molar-refractivity contribution in [3.8, 4) is 5.75 Å². The van der Waals surface area contributed by atoms with Gasteiger partial charge in [0.15, 0.2) is 5.78 Å². The van der Waals surface area contributed by atoms with E-state index >= 15 is 0 Å². The van der Waals surface area contributed by atoms with Crippen LogP contribution in [0.4, 0.5) is 0 Å². The second kappa shape index (κ2) is 6.28. The average molecular weight is 310 g/mol. The maximum atomic E-state index is 11.9. The smallest absolute Gasteiger partial charge is 0.303 e. The molecule has 0 aliphatic heterocycles. The number of aliphatic carboxylic acids is 1. The van der Waals surface area contributed by atoms with Crippen molar-refractivity contribution < 1.29 is 19.4 Å². The molecule has 0 atom stereocenters. The third-order valence-electron chi connectivity index (χ3n) is 2.86. The standard InChI is InChI=1S/C14H14O4S2/c1-18-10-5-8-6-12(9(15)3-4-14(16)17)20-11(8)7-13(10)19-2/h5-7H,3-4H2,1-2H3,(H,16,17). The topological polar surface area (TPSA) is 63.6 Å². The zero-order valence-corrected chi connectivity index (χ0v) is 12.8. The predicted octanol–water partition coefficient (Wildman–Crippen LogP) is 3.68. The maximum Gasteiger partial charge on any atom is 0.303 e. The third-order valence-corrected chi connectivity index (χ3v) is 4.76. The molecule has 0 spiro atoms. The van der Waals surface area contributed by atoms with Crippen molar-refractivity contribution in [2.75, 3.05) is 13.4 Å². The third kappa shape index (κ3) is 3.13. The first-order chi connectivity index (χ1) is 9.55. The van der Waals surface area contributed by atoms with Crippen molar-refractivity contribution in [1.29, 1.82) is 0 Å². The van der Waals surface area contributed by atoms with Crippen molar-refractivity contribution in [2.45, 2.75) is 17.7 Å². The molecule has 0 fully saturated rings. The van der Waals surface area contributed by atoms with Crippen molar-refractivity contribution in [2.24, 2.45) is 0 Å². The summed E-state index contributed by atoms with van der Waals surface area (Å²) in [6, 6.07) is 5.71. The zero-order chi connectivity index (χ0) is 14.7. The molecule has 0 saturated carbocycles. The fourth-order valence-corrected chi connectivity index (χ4v) is 3.55. The largest absolute Gasteiger partial charge is 0.496 e. The van der Waals surface area contributed by atoms with Gasteiger partial charge in [0.05, 0.1) is 23.3 Å². The number of fused-ring (bicyclic) bond motifs is 1. The molecule has 1 aromatic heterocycles. The highest BCUT2D eigenvalue weighted by atomic mass is 32.2. The Kier molecular flexibility index (Phi) is 4.67. The molecule has 20 heavy (non-hydrogen) atoms. The van der Waals surface area contributed by atoms with E-state index in [-0.39, 0.29) is 18.6 Å². The molecule has 106 valence electrons. The number of thiophene rings is 1. The normalized spacial score (nSPS) is 10.7. The predicted molar refractivity (Wildman–Crippen MR) is 81.4 cm³/mol. The fraction of sp³-hybridized carbons (Fsp3) is 0.286. The number of thioether (sulfide) groups is 1. The van der Waals surface area contributed by atoms with Crippen molar-refractivity contribution in [3.05, 3.63) is 23.1 Å². The van der Waals surface area contributed by atoms with E-state index in [2.05, 4.69) is 0 Å². The molecule has 0 radical (unpaired) electrons. The molecular weight excluding hydrogens is 296 g/mol. The van der Waals surface area contributed by atoms with E-state index in [1.54, 1.807) is 24.9 Å². The summed E-state index contributed by atoms with van der Waals surface area (Å²) in [5.41, 5.74) is 0. The van der Waals surface area contributed by atoms with Crippen molar-refractivity contribution in [1.82, 2.24) is 0 Å². The fourth-order valence-electron chi connectivity index (χ4n) is 1.85. The van der Waals surface area contributed by atoms with Crippen LogP contribution in [-0.4, -0.2) is 30.2 Å². The van der Waals surface area contributed by atoms with Gasteiger partial charge >= 0.3 is 5.97 Å². The Morgan fingerprint density at radius 2 is 2.05 bits per heavy atom. The Bertz CT molecular complexity index is 619. The monoisotopic (exact) mass is 310 g/mol. The van der Waals surface area contributed by atoms with Gasteiger partial charge in [-0.15, -0.1) is 23.1 Å². The van der Waals surface area contributed by atoms with Gasteiger partial charge in [-0.25, -0.2) is 0 Å². The summed E-state index contributed by atoms with van der Waals surface area (Å²) in [6.45, 7) is 0. The van der Waals surface area contributed by atoms with Crippen LogP contribution in [0.2, 0.25) is 0 Å². The summed E-state index contributed by atoms with van der Waals surface area (Å²) in [7, 11) is 1.62. The van der Waals surface area contributed by atoms with E-state index in [0.29, 0.717) is 4.88 Å². The summed E-state index contributed by atoms with van der Waals surface area (Å²) in [5, 5.41) is 9.57. The number of carbonyl (C=O) groups is 2. The molecule has 0 amide bonds. The van der Waals surface area contributed by atoms with Crippen LogP contribution in [0.5, 0.6) is 5.75 Å². The van der Waals surface area contributed by atoms with Crippen LogP contribution in [0.25, 0.3) is 10.1 Å². The van der Waals surface area contributed by atoms with Crippen molar-refractivity contribution >= 4 is 44.9 Å². The van der Waals surface area contributed by atoms with Crippen LogP contribution in [-0.2, 0) is 4.79 Å². The van der Waals surface area contributed by atoms with Gasteiger partial charge in [-0.05, 0) is 29.8 Å². The SMILES string of the molecule is COc1cc2cc(C(=O)CCC(=O)O)sc2cc1SC. The summed E-state index contributed by atoms with van der Waals surface area (Å²) in [4.78, 5) is 24.1. The molecule has 0 unspecified atom stereocenters. The summed E-state index contributed by atoms with van der Waals surface area (Å²) in [5.74, 6) is -0.295. The number of ether oxygens (including phenoxy) is 1. The van der Waals surface area contributed by atoms with Gasteiger partial charge in [-0.2, -0.15) is 0 Å². The number of methoxy groups -OCH3 is 1. The molecule has 1 N–H and O–H groups in total. The van der Waals surface area contributed by atoms with Gasteiger partial charge in [0.1, 0.15) is 5.75 Å². The molecule has 1 heterocycles. The van der Waals surface area contributed by atoms with Gasteiger partial charge in [-0.3, -0.25) is 9.59 Å². The van der Waals surface area contributed by atoms with Gasteiger partial charge in [0, 0.05) is 11.1 Å². The number of carboxylic acids is 1. The van der Waals surface area contributed by atoms with Gasteiger partial charge < -0.3 is 9.84 Å². The molecule has 4 nitrogen and oxygen atoms in total. The average Bonchev–Trinajstić information content (AvgIpc) is 2.85. The minimum Gasteiger partial charge on any atom is -0.496 e. The first-order valence-electron chi connectivity index (χ1n) is 5.95. The van der Waals surface area contributed by atoms with Crippen LogP contribution in [0.15, 0.2) is 23.1 Å². The molecule has 0 bridgehead atoms. The van der Waals surface area contributed by atoms with Crippen LogP contribution >= 0.6 is 23.1 Å². The zero-order valence-electron chi connectivity index (χ0n) is 11.1. The highest BCUT2D eigenvalue weighted by Crippen LogP contribution is 2.36. The van der Waals surface area contributed by atoms with E-state index in [9.17, 15) is 9.59 Å². The number of Topliss-reactive ketones (excluding diaryl/α,β-unsaturated/α-hetero) is 1. The van der Waals surface area contributed by atoms with E-state index in [1.165, 1.54) is 11.3 Å². The Balaban J connectivity index is 2.33. The summed E-state index contributed by atoms with van der Waals surface area (Å²) in [6.07, 6.45) is 1.87. The lowest BCUT2D eigenvalue weighted by atomic mass is 10.1. The second-order valence-corrected chi connectivity index (χ2v) is 6.10. The molecule has 0 saturated heterocycles. The summed E-state index contributed by atoms with van der Waals surface area (Å²) < 4.78 is 6.32. The van der Waals surface area contributed by atoms with E-state index in [4.69, 9.17) is 9.84 Å². The Morgan fingerprint density at radius 1 is 1.30 bits per heavy atom. The highest BCUT2D eigenvalue weighted by Gasteiger charge is 2.14. The lowest BCUT2D eigenvalue weighted by Crippen LogP contribution is -2.01. The van der Waals surface area contributed by atoms with E-state index in [0.717, 1.165) is 20.7 Å². The lowest BCUT2D eigenvalue weighted by molar-refractivity contribution is -0.136. The van der Waals surface area contributed by atoms with Gasteiger partial charge in [-0.1, -0.05) is 0 Å². The lowest BCUT2D eigenvalue weighted by Gasteiger charge is -2.05. The van der Waals surface area contributed by atoms with Crippen molar-refractivity contribution in [3.63, 3.8) is 0 Å². The molecule has 2 rings (SSSR count). The number of hydrogen-bond acceptors (Lipinski definition) is 5. The molecular formula is C14H14O4S2. The van der Waals surface area contributed by atoms with Crippen LogP contribution in [0.1, 0.15) is 22.5 Å². The number of carboxylic acid groups (broad SMARTS) is 1. The first kappa shape index (κ1) is 14.9. The van der Waals surface area contributed by atoms with Gasteiger partial charge in [0.2, 0.25) is 0 Å². The Morgan fingerprint density at radius 3 is 2.65 bits per heavy atom. The van der Waals surface area contributed by atoms with E-state index in [1.807, 2.05) is 18.4 Å². The molecule has 0 aliphatic rings. The Labute approximate surface area is 124 Å². The molecule has 0 aliphatic carbocycles. The minimum absolute atomic E-state index is 0.0364. The number of hydrogen-bond donors (Lipinski definition) is 1. The maximum absolute atomic E-state index is 11.9. The first-order valence-corrected chi connectivity index (χ1v) is 8.00. The second-order valence-electron chi connectivity index (χ2n) is 4.17. The highest BCUT2D eigenvalue weighted by molar-refractivity contribution is 7.98. The number of rotatable bonds is 6. The minimum atomic E-state index is -0.953. The van der Waals surface area contributed by atoms with Gasteiger partial charge in [0.25, 0.3) is 0 Å². The Hall–Kier alpha value is -1.53. The number of carbonyl (C=O) groups excluding carboxylic acids is 1. The molecule has 1 aromatic carbocycles. The number of benzene rings is 1. The quantitative estimate of drug-likeness (QED) is 0.651.